The van der Waals surface area contributed by atoms with Crippen LogP contribution in [0.5, 0.6) is 5.75 Å². The topological polar surface area (TPSA) is 26.3 Å². The van der Waals surface area contributed by atoms with Gasteiger partial charge >= 0.3 is 6.36 Å². The number of ether oxygens (including phenoxy) is 1. The molecule has 1 aromatic carbocycles. The maximum atomic E-state index is 11.9. The number of Topliss-reactive ketones (excluding diaryl/α,β-unsaturated/α-hetero) is 1. The monoisotopic (exact) mass is 266 g/mol. The number of benzene rings is 1. The normalized spacial score (nSPS) is 11.3. The van der Waals surface area contributed by atoms with Gasteiger partial charge in [0.25, 0.3) is 0 Å². The first-order valence-electron chi connectivity index (χ1n) is 4.83. The van der Waals surface area contributed by atoms with E-state index in [0.29, 0.717) is 5.56 Å². The van der Waals surface area contributed by atoms with Crippen LogP contribution in [0.4, 0.5) is 13.2 Å². The second kappa shape index (κ2) is 5.91. The minimum Gasteiger partial charge on any atom is -0.406 e. The fourth-order valence-corrected chi connectivity index (χ4v) is 1.48. The molecule has 0 saturated heterocycles. The Morgan fingerprint density at radius 2 is 2.06 bits per heavy atom. The lowest BCUT2D eigenvalue weighted by molar-refractivity contribution is -0.274. The van der Waals surface area contributed by atoms with E-state index in [-0.39, 0.29) is 30.3 Å². The van der Waals surface area contributed by atoms with Crippen molar-refractivity contribution in [1.82, 2.24) is 0 Å². The van der Waals surface area contributed by atoms with E-state index < -0.39 is 6.36 Å². The minimum absolute atomic E-state index is 0.0573. The number of hydrogen-bond acceptors (Lipinski definition) is 2. The van der Waals surface area contributed by atoms with Gasteiger partial charge in [-0.15, -0.1) is 24.8 Å². The highest BCUT2D eigenvalue weighted by Crippen LogP contribution is 2.23. The van der Waals surface area contributed by atoms with Crippen LogP contribution in [0.25, 0.3) is 0 Å². The molecular formula is C11H10ClF3O2. The Morgan fingerprint density at radius 1 is 1.35 bits per heavy atom. The Bertz CT molecular complexity index is 391. The van der Waals surface area contributed by atoms with E-state index >= 15 is 0 Å². The smallest absolute Gasteiger partial charge is 0.406 e. The Kier molecular flexibility index (Phi) is 4.81. The van der Waals surface area contributed by atoms with Crippen molar-refractivity contribution in [2.24, 2.45) is 0 Å². The second-order valence-electron chi connectivity index (χ2n) is 3.35. The molecular weight excluding hydrogens is 257 g/mol. The average Bonchev–Trinajstić information content (AvgIpc) is 2.15. The van der Waals surface area contributed by atoms with Gasteiger partial charge in [-0.25, -0.2) is 0 Å². The van der Waals surface area contributed by atoms with Gasteiger partial charge in [0.1, 0.15) is 11.5 Å². The van der Waals surface area contributed by atoms with Crippen molar-refractivity contribution in [1.29, 1.82) is 0 Å². The Labute approximate surface area is 101 Å². The zero-order valence-corrected chi connectivity index (χ0v) is 9.52. The van der Waals surface area contributed by atoms with Crippen LogP contribution in [0.1, 0.15) is 12.0 Å². The number of halogens is 4. The number of alkyl halides is 4. The molecule has 6 heteroatoms. The van der Waals surface area contributed by atoms with Crippen molar-refractivity contribution in [2.45, 2.75) is 19.2 Å². The highest BCUT2D eigenvalue weighted by molar-refractivity contribution is 6.19. The van der Waals surface area contributed by atoms with Gasteiger partial charge < -0.3 is 4.74 Å². The third kappa shape index (κ3) is 5.58. The van der Waals surface area contributed by atoms with Gasteiger partial charge in [-0.1, -0.05) is 12.1 Å². The van der Waals surface area contributed by atoms with Gasteiger partial charge in [0.2, 0.25) is 0 Å². The summed E-state index contributed by atoms with van der Waals surface area (Å²) in [7, 11) is 0. The molecule has 0 bridgehead atoms. The SMILES string of the molecule is O=C(CCCl)Cc1cccc(OC(F)(F)F)c1. The second-order valence-corrected chi connectivity index (χ2v) is 3.73. The van der Waals surface area contributed by atoms with Gasteiger partial charge in [0, 0.05) is 18.7 Å². The fourth-order valence-electron chi connectivity index (χ4n) is 1.27. The number of carbonyl (C=O) groups excluding carboxylic acids is 1. The lowest BCUT2D eigenvalue weighted by Crippen LogP contribution is -2.17. The summed E-state index contributed by atoms with van der Waals surface area (Å²) in [6.07, 6.45) is -4.47. The molecule has 0 fully saturated rings. The molecule has 0 spiro atoms. The van der Waals surface area contributed by atoms with Crippen LogP contribution < -0.4 is 4.74 Å². The maximum Gasteiger partial charge on any atom is 0.573 e. The third-order valence-electron chi connectivity index (χ3n) is 1.91. The summed E-state index contributed by atoms with van der Waals surface area (Å²) < 4.78 is 39.6. The van der Waals surface area contributed by atoms with Gasteiger partial charge in [0.15, 0.2) is 0 Å². The summed E-state index contributed by atoms with van der Waals surface area (Å²) in [5.41, 5.74) is 0.474. The van der Waals surface area contributed by atoms with E-state index in [4.69, 9.17) is 11.6 Å². The number of hydrogen-bond donors (Lipinski definition) is 0. The van der Waals surface area contributed by atoms with E-state index in [1.807, 2.05) is 0 Å². The molecule has 0 N–H and O–H groups in total. The van der Waals surface area contributed by atoms with Crippen molar-refractivity contribution in [3.05, 3.63) is 29.8 Å². The van der Waals surface area contributed by atoms with Crippen molar-refractivity contribution < 1.29 is 22.7 Å². The highest BCUT2D eigenvalue weighted by atomic mass is 35.5. The van der Waals surface area contributed by atoms with E-state index in [2.05, 4.69) is 4.74 Å². The van der Waals surface area contributed by atoms with Crippen LogP contribution in [-0.4, -0.2) is 18.0 Å². The predicted octanol–water partition coefficient (Wildman–Crippen LogP) is 3.33. The molecule has 0 saturated carbocycles. The molecule has 0 aliphatic carbocycles. The van der Waals surface area contributed by atoms with Crippen LogP contribution >= 0.6 is 11.6 Å². The molecule has 0 aliphatic heterocycles. The summed E-state index contributed by atoms with van der Waals surface area (Å²) in [4.78, 5) is 11.3. The first-order chi connectivity index (χ1) is 7.90. The van der Waals surface area contributed by atoms with E-state index in [1.165, 1.54) is 18.2 Å². The summed E-state index contributed by atoms with van der Waals surface area (Å²) in [5.74, 6) is -0.241. The average molecular weight is 267 g/mol. The summed E-state index contributed by atoms with van der Waals surface area (Å²) in [5, 5.41) is 0. The van der Waals surface area contributed by atoms with Crippen molar-refractivity contribution in [2.75, 3.05) is 5.88 Å². The number of rotatable bonds is 5. The highest BCUT2D eigenvalue weighted by Gasteiger charge is 2.31. The Hall–Kier alpha value is -1.23. The quantitative estimate of drug-likeness (QED) is 0.764. The number of ketones is 1. The van der Waals surface area contributed by atoms with Crippen LogP contribution in [0.3, 0.4) is 0 Å². The van der Waals surface area contributed by atoms with Crippen molar-refractivity contribution in [3.8, 4) is 5.75 Å². The first-order valence-corrected chi connectivity index (χ1v) is 5.36. The Balaban J connectivity index is 2.69. The first kappa shape index (κ1) is 13.8. The lowest BCUT2D eigenvalue weighted by Gasteiger charge is -2.09. The number of carbonyl (C=O) groups is 1. The zero-order valence-electron chi connectivity index (χ0n) is 8.76. The molecule has 1 aromatic rings. The van der Waals surface area contributed by atoms with E-state index in [1.54, 1.807) is 6.07 Å². The zero-order chi connectivity index (χ0) is 12.9. The van der Waals surface area contributed by atoms with Gasteiger partial charge in [0.05, 0.1) is 0 Å². The molecule has 0 aromatic heterocycles. The minimum atomic E-state index is -4.72. The summed E-state index contributed by atoms with van der Waals surface area (Å²) in [6.45, 7) is 0. The maximum absolute atomic E-state index is 11.9. The van der Waals surface area contributed by atoms with E-state index in [9.17, 15) is 18.0 Å². The Morgan fingerprint density at radius 3 is 2.65 bits per heavy atom. The van der Waals surface area contributed by atoms with Gasteiger partial charge in [-0.2, -0.15) is 0 Å². The standard InChI is InChI=1S/C11H10ClF3O2/c12-5-4-9(16)6-8-2-1-3-10(7-8)17-11(13,14)15/h1-3,7H,4-6H2. The molecule has 2 nitrogen and oxygen atoms in total. The van der Waals surface area contributed by atoms with Gasteiger partial charge in [-0.05, 0) is 17.7 Å². The molecule has 17 heavy (non-hydrogen) atoms. The molecule has 0 amide bonds. The predicted molar refractivity (Wildman–Crippen MR) is 57.2 cm³/mol. The van der Waals surface area contributed by atoms with Crippen molar-refractivity contribution in [3.63, 3.8) is 0 Å². The van der Waals surface area contributed by atoms with Gasteiger partial charge in [-0.3, -0.25) is 4.79 Å². The lowest BCUT2D eigenvalue weighted by atomic mass is 10.1. The summed E-state index contributed by atoms with van der Waals surface area (Å²) >= 11 is 5.39. The van der Waals surface area contributed by atoms with E-state index in [0.717, 1.165) is 0 Å². The molecule has 0 atom stereocenters. The van der Waals surface area contributed by atoms with Crippen molar-refractivity contribution >= 4 is 17.4 Å². The van der Waals surface area contributed by atoms with Crippen LogP contribution in [0.2, 0.25) is 0 Å². The largest absolute Gasteiger partial charge is 0.573 e. The molecule has 0 heterocycles. The van der Waals surface area contributed by atoms with Crippen LogP contribution in [-0.2, 0) is 11.2 Å². The summed E-state index contributed by atoms with van der Waals surface area (Å²) in [6, 6.07) is 5.35. The molecule has 1 rings (SSSR count). The molecule has 0 radical (unpaired) electrons. The molecule has 94 valence electrons. The third-order valence-corrected chi connectivity index (χ3v) is 2.10. The molecule has 0 unspecified atom stereocenters. The van der Waals surface area contributed by atoms with Crippen LogP contribution in [0, 0.1) is 0 Å². The van der Waals surface area contributed by atoms with Crippen LogP contribution in [0.15, 0.2) is 24.3 Å². The fraction of sp³-hybridized carbons (Fsp3) is 0.364. The molecule has 0 aliphatic rings.